The fourth-order valence-electron chi connectivity index (χ4n) is 1.72. The Hall–Kier alpha value is -0.610. The van der Waals surface area contributed by atoms with E-state index < -0.39 is 6.10 Å². The molecule has 0 spiro atoms. The van der Waals surface area contributed by atoms with Gasteiger partial charge in [-0.15, -0.1) is 0 Å². The van der Waals surface area contributed by atoms with Crippen LogP contribution in [0.15, 0.2) is 24.3 Å². The molecule has 1 atom stereocenters. The maximum Gasteiger partial charge on any atom is 0.0897 e. The summed E-state index contributed by atoms with van der Waals surface area (Å²) >= 11 is 5.82. The largest absolute Gasteiger partial charge is 0.389 e. The Labute approximate surface area is 133 Å². The lowest BCUT2D eigenvalue weighted by Crippen LogP contribution is -2.38. The third-order valence-electron chi connectivity index (χ3n) is 4.02. The first-order valence-electron chi connectivity index (χ1n) is 7.52. The van der Waals surface area contributed by atoms with Crippen molar-refractivity contribution >= 4 is 11.6 Å². The Bertz CT molecular complexity index is 404. The van der Waals surface area contributed by atoms with Crippen molar-refractivity contribution in [1.29, 1.82) is 0 Å². The minimum Gasteiger partial charge on any atom is -0.389 e. The Kier molecular flexibility index (Phi) is 7.67. The predicted octanol–water partition coefficient (Wildman–Crippen LogP) is 3.49. The van der Waals surface area contributed by atoms with E-state index in [1.165, 1.54) is 0 Å². The van der Waals surface area contributed by atoms with Crippen LogP contribution in [-0.4, -0.2) is 30.9 Å². The number of halogens is 1. The van der Waals surface area contributed by atoms with Gasteiger partial charge in [0.2, 0.25) is 0 Å². The minimum atomic E-state index is -0.486. The van der Waals surface area contributed by atoms with Crippen molar-refractivity contribution in [2.24, 2.45) is 11.3 Å². The van der Waals surface area contributed by atoms with Gasteiger partial charge in [0.05, 0.1) is 19.3 Å². The number of aliphatic hydroxyl groups is 1. The Morgan fingerprint density at radius 1 is 1.24 bits per heavy atom. The zero-order chi connectivity index (χ0) is 15.9. The van der Waals surface area contributed by atoms with Gasteiger partial charge < -0.3 is 15.2 Å². The van der Waals surface area contributed by atoms with Crippen LogP contribution in [0.1, 0.15) is 33.3 Å². The van der Waals surface area contributed by atoms with Crippen molar-refractivity contribution in [1.82, 2.24) is 5.32 Å². The van der Waals surface area contributed by atoms with Gasteiger partial charge in [-0.2, -0.15) is 0 Å². The molecule has 0 aliphatic carbocycles. The summed E-state index contributed by atoms with van der Waals surface area (Å²) in [6, 6.07) is 7.54. The third kappa shape index (κ3) is 7.28. The van der Waals surface area contributed by atoms with Crippen molar-refractivity contribution in [3.05, 3.63) is 34.9 Å². The Morgan fingerprint density at radius 2 is 1.86 bits per heavy atom. The highest BCUT2D eigenvalue weighted by atomic mass is 35.5. The molecule has 0 aromatic heterocycles. The van der Waals surface area contributed by atoms with Gasteiger partial charge in [0, 0.05) is 18.1 Å². The van der Waals surface area contributed by atoms with Gasteiger partial charge in [0.1, 0.15) is 0 Å². The number of ether oxygens (including phenoxy) is 1. The number of rotatable bonds is 9. The molecule has 120 valence electrons. The molecule has 4 heteroatoms. The second-order valence-corrected chi connectivity index (χ2v) is 7.01. The standard InChI is InChI=1S/C17H28ClNO2/c1-13(2)17(3,4)12-19-9-16(20)11-21-10-14-5-7-15(18)8-6-14/h5-8,13,16,19-20H,9-12H2,1-4H3. The monoisotopic (exact) mass is 313 g/mol. The van der Waals surface area contributed by atoms with Crippen molar-refractivity contribution in [2.75, 3.05) is 19.7 Å². The average Bonchev–Trinajstić information content (AvgIpc) is 2.40. The molecule has 0 saturated heterocycles. The number of benzene rings is 1. The number of nitrogens with one attached hydrogen (secondary N) is 1. The van der Waals surface area contributed by atoms with Crippen LogP contribution in [0.4, 0.5) is 0 Å². The third-order valence-corrected chi connectivity index (χ3v) is 4.27. The van der Waals surface area contributed by atoms with Crippen molar-refractivity contribution < 1.29 is 9.84 Å². The van der Waals surface area contributed by atoms with Crippen molar-refractivity contribution in [2.45, 2.75) is 40.4 Å². The molecule has 0 bridgehead atoms. The highest BCUT2D eigenvalue weighted by molar-refractivity contribution is 6.30. The first-order valence-corrected chi connectivity index (χ1v) is 7.90. The molecular weight excluding hydrogens is 286 g/mol. The smallest absolute Gasteiger partial charge is 0.0897 e. The molecule has 21 heavy (non-hydrogen) atoms. The number of hydrogen-bond donors (Lipinski definition) is 2. The maximum atomic E-state index is 9.90. The second kappa shape index (κ2) is 8.74. The number of hydrogen-bond acceptors (Lipinski definition) is 3. The molecule has 0 radical (unpaired) electrons. The lowest BCUT2D eigenvalue weighted by Gasteiger charge is -2.30. The van der Waals surface area contributed by atoms with Crippen LogP contribution in [0.2, 0.25) is 5.02 Å². The van der Waals surface area contributed by atoms with Gasteiger partial charge in [0.15, 0.2) is 0 Å². The molecule has 0 heterocycles. The van der Waals surface area contributed by atoms with Crippen LogP contribution in [0, 0.1) is 11.3 Å². The van der Waals surface area contributed by atoms with Crippen molar-refractivity contribution in [3.63, 3.8) is 0 Å². The normalized spacial score (nSPS) is 13.7. The Morgan fingerprint density at radius 3 is 2.43 bits per heavy atom. The average molecular weight is 314 g/mol. The van der Waals surface area contributed by atoms with E-state index in [9.17, 15) is 5.11 Å². The van der Waals surface area contributed by atoms with E-state index in [1.54, 1.807) is 0 Å². The van der Waals surface area contributed by atoms with E-state index in [2.05, 4.69) is 33.0 Å². The van der Waals surface area contributed by atoms with Crippen LogP contribution in [0.5, 0.6) is 0 Å². The molecular formula is C17H28ClNO2. The summed E-state index contributed by atoms with van der Waals surface area (Å²) in [4.78, 5) is 0. The van der Waals surface area contributed by atoms with Crippen LogP contribution in [0.25, 0.3) is 0 Å². The first kappa shape index (κ1) is 18.4. The van der Waals surface area contributed by atoms with Crippen LogP contribution < -0.4 is 5.32 Å². The van der Waals surface area contributed by atoms with Gasteiger partial charge >= 0.3 is 0 Å². The quantitative estimate of drug-likeness (QED) is 0.733. The topological polar surface area (TPSA) is 41.5 Å². The predicted molar refractivity (Wildman–Crippen MR) is 88.6 cm³/mol. The summed E-state index contributed by atoms with van der Waals surface area (Å²) < 4.78 is 5.52. The van der Waals surface area contributed by atoms with Gasteiger partial charge in [0.25, 0.3) is 0 Å². The van der Waals surface area contributed by atoms with Gasteiger partial charge in [-0.05, 0) is 29.0 Å². The van der Waals surface area contributed by atoms with Crippen LogP contribution in [-0.2, 0) is 11.3 Å². The van der Waals surface area contributed by atoms with Crippen LogP contribution >= 0.6 is 11.6 Å². The summed E-state index contributed by atoms with van der Waals surface area (Å²) in [6.07, 6.45) is -0.486. The van der Waals surface area contributed by atoms with Crippen LogP contribution in [0.3, 0.4) is 0 Å². The highest BCUT2D eigenvalue weighted by Crippen LogP contribution is 2.24. The summed E-state index contributed by atoms with van der Waals surface area (Å²) in [5, 5.41) is 13.9. The molecule has 0 aliphatic rings. The van der Waals surface area contributed by atoms with Crippen molar-refractivity contribution in [3.8, 4) is 0 Å². The van der Waals surface area contributed by atoms with E-state index in [1.807, 2.05) is 24.3 Å². The van der Waals surface area contributed by atoms with E-state index >= 15 is 0 Å². The second-order valence-electron chi connectivity index (χ2n) is 6.57. The zero-order valence-corrected chi connectivity index (χ0v) is 14.3. The molecule has 0 amide bonds. The van der Waals surface area contributed by atoms with Gasteiger partial charge in [-0.25, -0.2) is 0 Å². The summed E-state index contributed by atoms with van der Waals surface area (Å²) in [5.74, 6) is 0.600. The fourth-order valence-corrected chi connectivity index (χ4v) is 1.84. The highest BCUT2D eigenvalue weighted by Gasteiger charge is 2.21. The molecule has 0 fully saturated rings. The number of aliphatic hydroxyl groups excluding tert-OH is 1. The lowest BCUT2D eigenvalue weighted by molar-refractivity contribution is 0.0273. The van der Waals surface area contributed by atoms with E-state index in [0.29, 0.717) is 25.7 Å². The molecule has 3 nitrogen and oxygen atoms in total. The SMILES string of the molecule is CC(C)C(C)(C)CNCC(O)COCc1ccc(Cl)cc1. The van der Waals surface area contributed by atoms with E-state index in [0.717, 1.165) is 17.1 Å². The molecule has 1 rings (SSSR count). The van der Waals surface area contributed by atoms with Gasteiger partial charge in [-0.1, -0.05) is 51.4 Å². The lowest BCUT2D eigenvalue weighted by atomic mass is 9.81. The molecule has 0 saturated carbocycles. The first-order chi connectivity index (χ1) is 9.81. The zero-order valence-electron chi connectivity index (χ0n) is 13.5. The molecule has 2 N–H and O–H groups in total. The summed E-state index contributed by atoms with van der Waals surface area (Å²) in [7, 11) is 0. The summed E-state index contributed by atoms with van der Waals surface area (Å²) in [6.45, 7) is 11.2. The molecule has 1 aromatic carbocycles. The maximum absolute atomic E-state index is 9.90. The Balaban J connectivity index is 2.17. The molecule has 1 aromatic rings. The van der Waals surface area contributed by atoms with E-state index in [4.69, 9.17) is 16.3 Å². The summed E-state index contributed by atoms with van der Waals surface area (Å²) in [5.41, 5.74) is 1.28. The van der Waals surface area contributed by atoms with Gasteiger partial charge in [-0.3, -0.25) is 0 Å². The molecule has 0 aliphatic heterocycles. The van der Waals surface area contributed by atoms with E-state index in [-0.39, 0.29) is 5.41 Å². The fraction of sp³-hybridized carbons (Fsp3) is 0.647. The molecule has 1 unspecified atom stereocenters. The minimum absolute atomic E-state index is 0.226.